The highest BCUT2D eigenvalue weighted by atomic mass is 15.1. The lowest BCUT2D eigenvalue weighted by atomic mass is 9.82. The van der Waals surface area contributed by atoms with E-state index in [-0.39, 0.29) is 11.0 Å². The van der Waals surface area contributed by atoms with Crippen LogP contribution < -0.4 is 37.2 Å². The van der Waals surface area contributed by atoms with Gasteiger partial charge in [-0.1, -0.05) is 52.4 Å². The number of hydrogen-bond donors (Lipinski definition) is 7. The minimum Gasteiger partial charge on any atom is -0.315 e. The zero-order valence-corrected chi connectivity index (χ0v) is 21.3. The van der Waals surface area contributed by atoms with Gasteiger partial charge < -0.3 is 37.2 Å². The highest BCUT2D eigenvalue weighted by molar-refractivity contribution is 4.96. The Balaban J connectivity index is 2.01. The van der Waals surface area contributed by atoms with Crippen LogP contribution in [-0.4, -0.2) is 90.6 Å². The summed E-state index contributed by atoms with van der Waals surface area (Å²) in [5, 5.41) is 26.6. The topological polar surface area (TPSA) is 84.2 Å². The molecule has 7 heteroatoms. The van der Waals surface area contributed by atoms with Crippen LogP contribution >= 0.6 is 0 Å². The second kappa shape index (κ2) is 17.2. The van der Waals surface area contributed by atoms with Gasteiger partial charge in [-0.05, 0) is 19.4 Å². The van der Waals surface area contributed by atoms with Gasteiger partial charge in [0, 0.05) is 84.0 Å². The summed E-state index contributed by atoms with van der Waals surface area (Å²) in [6.07, 6.45) is 10.5. The molecular formula is C25H55N7. The molecule has 32 heavy (non-hydrogen) atoms. The van der Waals surface area contributed by atoms with E-state index in [9.17, 15) is 0 Å². The average Bonchev–Trinajstić information content (AvgIpc) is 2.80. The van der Waals surface area contributed by atoms with Crippen molar-refractivity contribution in [3.63, 3.8) is 0 Å². The maximum Gasteiger partial charge on any atom is 0.0558 e. The Morgan fingerprint density at radius 1 is 0.531 bits per heavy atom. The molecule has 0 aromatic heterocycles. The molecule has 2 bridgehead atoms. The van der Waals surface area contributed by atoms with E-state index in [1.54, 1.807) is 0 Å². The SMILES string of the molecule is CCCCCCCNC12CNCCNCC(CCCC)(CNCCNC1)CNCCNC2. The van der Waals surface area contributed by atoms with Crippen molar-refractivity contribution in [3.05, 3.63) is 0 Å². The van der Waals surface area contributed by atoms with E-state index in [4.69, 9.17) is 0 Å². The first-order valence-corrected chi connectivity index (χ1v) is 13.7. The smallest absolute Gasteiger partial charge is 0.0558 e. The number of rotatable bonds is 10. The van der Waals surface area contributed by atoms with Gasteiger partial charge in [0.25, 0.3) is 0 Å². The van der Waals surface area contributed by atoms with Gasteiger partial charge in [-0.3, -0.25) is 0 Å². The molecule has 3 heterocycles. The van der Waals surface area contributed by atoms with Crippen LogP contribution in [0.5, 0.6) is 0 Å². The first kappa shape index (κ1) is 28.0. The molecule has 7 nitrogen and oxygen atoms in total. The van der Waals surface area contributed by atoms with Crippen molar-refractivity contribution in [2.45, 2.75) is 70.8 Å². The van der Waals surface area contributed by atoms with Crippen LogP contribution in [0, 0.1) is 5.41 Å². The molecule has 7 N–H and O–H groups in total. The fraction of sp³-hybridized carbons (Fsp3) is 1.00. The van der Waals surface area contributed by atoms with Crippen LogP contribution in [0.4, 0.5) is 0 Å². The van der Waals surface area contributed by atoms with Crippen molar-refractivity contribution in [1.82, 2.24) is 37.2 Å². The van der Waals surface area contributed by atoms with Gasteiger partial charge in [-0.2, -0.15) is 0 Å². The Labute approximate surface area is 198 Å². The maximum atomic E-state index is 3.96. The third-order valence-electron chi connectivity index (χ3n) is 7.17. The van der Waals surface area contributed by atoms with Crippen LogP contribution in [0.3, 0.4) is 0 Å². The zero-order valence-electron chi connectivity index (χ0n) is 21.3. The summed E-state index contributed by atoms with van der Waals surface area (Å²) >= 11 is 0. The second-order valence-corrected chi connectivity index (χ2v) is 10.3. The van der Waals surface area contributed by atoms with E-state index < -0.39 is 0 Å². The van der Waals surface area contributed by atoms with Crippen molar-refractivity contribution >= 4 is 0 Å². The zero-order chi connectivity index (χ0) is 22.8. The Morgan fingerprint density at radius 2 is 0.969 bits per heavy atom. The van der Waals surface area contributed by atoms with Crippen molar-refractivity contribution in [3.8, 4) is 0 Å². The van der Waals surface area contributed by atoms with E-state index in [0.717, 1.165) is 85.1 Å². The molecule has 3 saturated heterocycles. The Morgan fingerprint density at radius 3 is 1.44 bits per heavy atom. The van der Waals surface area contributed by atoms with Crippen molar-refractivity contribution in [2.75, 3.05) is 85.1 Å². The Hall–Kier alpha value is -0.280. The molecule has 0 amide bonds. The summed E-state index contributed by atoms with van der Waals surface area (Å²) in [5.74, 6) is 0. The van der Waals surface area contributed by atoms with E-state index in [1.165, 1.54) is 51.4 Å². The number of hydrogen-bond acceptors (Lipinski definition) is 7. The molecule has 0 aromatic carbocycles. The minimum absolute atomic E-state index is 0.0455. The first-order chi connectivity index (χ1) is 15.7. The summed E-state index contributed by atoms with van der Waals surface area (Å²) in [6, 6.07) is 0. The molecule has 3 aliphatic heterocycles. The molecule has 3 rings (SSSR count). The van der Waals surface area contributed by atoms with Crippen molar-refractivity contribution < 1.29 is 0 Å². The largest absolute Gasteiger partial charge is 0.315 e. The number of fused-ring (bicyclic) bond motifs is 15. The monoisotopic (exact) mass is 453 g/mol. The molecule has 0 unspecified atom stereocenters. The molecular weight excluding hydrogens is 398 g/mol. The van der Waals surface area contributed by atoms with Gasteiger partial charge in [-0.15, -0.1) is 0 Å². The van der Waals surface area contributed by atoms with Crippen LogP contribution in [-0.2, 0) is 0 Å². The summed E-state index contributed by atoms with van der Waals surface area (Å²) in [4.78, 5) is 0. The maximum absolute atomic E-state index is 3.96. The third-order valence-corrected chi connectivity index (χ3v) is 7.17. The normalized spacial score (nSPS) is 29.4. The molecule has 0 radical (unpaired) electrons. The highest BCUT2D eigenvalue weighted by Crippen LogP contribution is 2.23. The fourth-order valence-electron chi connectivity index (χ4n) is 5.04. The fourth-order valence-corrected chi connectivity index (χ4v) is 5.04. The standard InChI is InChI=1S/C25H55N7/c1-3-5-7-8-9-11-32-25-21-29-15-12-26-18-24(10-6-4-2,19-27-13-16-30-22-25)20-28-14-17-31-23-25/h26-32H,3-23H2,1-2H3. The summed E-state index contributed by atoms with van der Waals surface area (Å²) in [5.41, 5.74) is 0.331. The molecule has 0 aliphatic carbocycles. The minimum atomic E-state index is 0.0455. The van der Waals surface area contributed by atoms with Gasteiger partial charge in [0.15, 0.2) is 0 Å². The number of unbranched alkanes of at least 4 members (excludes halogenated alkanes) is 5. The van der Waals surface area contributed by atoms with Crippen LogP contribution in [0.1, 0.15) is 65.2 Å². The lowest BCUT2D eigenvalue weighted by molar-refractivity contribution is 0.214. The highest BCUT2D eigenvalue weighted by Gasteiger charge is 2.31. The van der Waals surface area contributed by atoms with Gasteiger partial charge in [0.05, 0.1) is 5.54 Å². The van der Waals surface area contributed by atoms with E-state index in [2.05, 4.69) is 51.1 Å². The summed E-state index contributed by atoms with van der Waals surface area (Å²) in [7, 11) is 0. The van der Waals surface area contributed by atoms with Crippen LogP contribution in [0.15, 0.2) is 0 Å². The molecule has 3 aliphatic rings. The van der Waals surface area contributed by atoms with Crippen LogP contribution in [0.25, 0.3) is 0 Å². The van der Waals surface area contributed by atoms with E-state index in [1.807, 2.05) is 0 Å². The average molecular weight is 454 g/mol. The summed E-state index contributed by atoms with van der Waals surface area (Å²) in [6.45, 7) is 18.1. The lowest BCUT2D eigenvalue weighted by Crippen LogP contribution is -2.65. The molecule has 190 valence electrons. The molecule has 3 fully saturated rings. The number of nitrogens with one attached hydrogen (secondary N) is 7. The second-order valence-electron chi connectivity index (χ2n) is 10.3. The Bertz CT molecular complexity index is 402. The van der Waals surface area contributed by atoms with Gasteiger partial charge in [0.2, 0.25) is 0 Å². The lowest BCUT2D eigenvalue weighted by Gasteiger charge is -2.38. The van der Waals surface area contributed by atoms with Crippen molar-refractivity contribution in [2.24, 2.45) is 5.41 Å². The predicted molar refractivity (Wildman–Crippen MR) is 139 cm³/mol. The predicted octanol–water partition coefficient (Wildman–Crippen LogP) is 1.03. The summed E-state index contributed by atoms with van der Waals surface area (Å²) < 4.78 is 0. The van der Waals surface area contributed by atoms with Crippen molar-refractivity contribution in [1.29, 1.82) is 0 Å². The quantitative estimate of drug-likeness (QED) is 0.249. The van der Waals surface area contributed by atoms with Gasteiger partial charge in [-0.25, -0.2) is 0 Å². The molecule has 0 aromatic rings. The van der Waals surface area contributed by atoms with E-state index >= 15 is 0 Å². The van der Waals surface area contributed by atoms with E-state index in [0.29, 0.717) is 0 Å². The third kappa shape index (κ3) is 11.2. The molecule has 0 atom stereocenters. The molecule has 0 saturated carbocycles. The first-order valence-electron chi connectivity index (χ1n) is 13.7. The van der Waals surface area contributed by atoms with Gasteiger partial charge in [0.1, 0.15) is 0 Å². The van der Waals surface area contributed by atoms with Gasteiger partial charge >= 0.3 is 0 Å². The molecule has 0 spiro atoms. The van der Waals surface area contributed by atoms with Crippen LogP contribution in [0.2, 0.25) is 0 Å². The Kier molecular flexibility index (Phi) is 15.0.